The van der Waals surface area contributed by atoms with Crippen molar-refractivity contribution < 1.29 is 27.5 Å². The highest BCUT2D eigenvalue weighted by molar-refractivity contribution is 5.75. The predicted molar refractivity (Wildman–Crippen MR) is 60.4 cm³/mol. The van der Waals surface area contributed by atoms with Crippen molar-refractivity contribution in [2.45, 2.75) is 63.2 Å². The lowest BCUT2D eigenvalue weighted by Crippen LogP contribution is -2.46. The van der Waals surface area contributed by atoms with E-state index in [1.807, 2.05) is 0 Å². The van der Waals surface area contributed by atoms with Gasteiger partial charge in [0.05, 0.1) is 5.41 Å². The van der Waals surface area contributed by atoms with Gasteiger partial charge in [0.1, 0.15) is 0 Å². The number of carboxylic acid groups (broad SMARTS) is 1. The molecule has 6 heteroatoms. The molecular formula is C13H18F4O2. The highest BCUT2D eigenvalue weighted by atomic mass is 19.3. The predicted octanol–water partition coefficient (Wildman–Crippen LogP) is 4.09. The lowest BCUT2D eigenvalue weighted by molar-refractivity contribution is -0.168. The van der Waals surface area contributed by atoms with E-state index in [2.05, 4.69) is 0 Å². The molecule has 0 aromatic heterocycles. The standard InChI is InChI=1S/C13H18F4O2/c14-12(15)3-1-9(2-4-12)11(10(18)19)5-7-13(16,17)8-6-11/h9H,1-8H2,(H,18,19). The summed E-state index contributed by atoms with van der Waals surface area (Å²) in [7, 11) is 0. The SMILES string of the molecule is O=C(O)C1(C2CCC(F)(F)CC2)CCC(F)(F)CC1. The van der Waals surface area contributed by atoms with Gasteiger partial charge in [0.2, 0.25) is 11.8 Å². The van der Waals surface area contributed by atoms with Crippen molar-refractivity contribution in [1.29, 1.82) is 0 Å². The third-order valence-electron chi connectivity index (χ3n) is 4.80. The summed E-state index contributed by atoms with van der Waals surface area (Å²) in [5, 5.41) is 9.41. The highest BCUT2D eigenvalue weighted by Crippen LogP contribution is 2.53. The summed E-state index contributed by atoms with van der Waals surface area (Å²) in [6, 6.07) is 0. The van der Waals surface area contributed by atoms with Crippen LogP contribution in [0.4, 0.5) is 17.6 Å². The molecule has 2 nitrogen and oxygen atoms in total. The molecule has 0 bridgehead atoms. The van der Waals surface area contributed by atoms with Crippen LogP contribution in [0.3, 0.4) is 0 Å². The monoisotopic (exact) mass is 282 g/mol. The molecule has 0 unspecified atom stereocenters. The third kappa shape index (κ3) is 2.87. The minimum atomic E-state index is -2.81. The molecule has 0 radical (unpaired) electrons. The lowest BCUT2D eigenvalue weighted by atomic mass is 9.61. The third-order valence-corrected chi connectivity index (χ3v) is 4.80. The van der Waals surface area contributed by atoms with E-state index in [4.69, 9.17) is 0 Å². The van der Waals surface area contributed by atoms with Crippen molar-refractivity contribution in [2.75, 3.05) is 0 Å². The Hall–Kier alpha value is -0.810. The number of hydrogen-bond donors (Lipinski definition) is 1. The molecule has 0 atom stereocenters. The quantitative estimate of drug-likeness (QED) is 0.774. The summed E-state index contributed by atoms with van der Waals surface area (Å²) in [6.07, 6.45) is -1.54. The van der Waals surface area contributed by atoms with Gasteiger partial charge >= 0.3 is 5.97 Å². The van der Waals surface area contributed by atoms with Gasteiger partial charge in [-0.15, -0.1) is 0 Å². The first-order chi connectivity index (χ1) is 8.67. The number of carbonyl (C=O) groups is 1. The summed E-state index contributed by atoms with van der Waals surface area (Å²) >= 11 is 0. The van der Waals surface area contributed by atoms with Crippen LogP contribution in [0, 0.1) is 11.3 Å². The molecule has 0 amide bonds. The van der Waals surface area contributed by atoms with E-state index in [0.29, 0.717) is 0 Å². The van der Waals surface area contributed by atoms with Gasteiger partial charge in [0.25, 0.3) is 0 Å². The van der Waals surface area contributed by atoms with Crippen LogP contribution in [0.25, 0.3) is 0 Å². The fraction of sp³-hybridized carbons (Fsp3) is 0.923. The van der Waals surface area contributed by atoms with Gasteiger partial charge in [-0.3, -0.25) is 4.79 Å². The average Bonchev–Trinajstić information content (AvgIpc) is 2.30. The van der Waals surface area contributed by atoms with Crippen LogP contribution in [0.1, 0.15) is 51.4 Å². The lowest BCUT2D eigenvalue weighted by Gasteiger charge is -2.44. The molecule has 2 aliphatic rings. The average molecular weight is 282 g/mol. The molecule has 2 aliphatic carbocycles. The maximum absolute atomic E-state index is 13.2. The first-order valence-corrected chi connectivity index (χ1v) is 6.66. The van der Waals surface area contributed by atoms with Gasteiger partial charge in [-0.2, -0.15) is 0 Å². The molecule has 110 valence electrons. The summed E-state index contributed by atoms with van der Waals surface area (Å²) in [5.74, 6) is -7.04. The molecule has 0 spiro atoms. The Kier molecular flexibility index (Phi) is 3.56. The highest BCUT2D eigenvalue weighted by Gasteiger charge is 2.54. The van der Waals surface area contributed by atoms with Crippen LogP contribution in [-0.4, -0.2) is 22.9 Å². The van der Waals surface area contributed by atoms with Crippen molar-refractivity contribution in [2.24, 2.45) is 11.3 Å². The smallest absolute Gasteiger partial charge is 0.309 e. The van der Waals surface area contributed by atoms with Crippen molar-refractivity contribution in [3.05, 3.63) is 0 Å². The Morgan fingerprint density at radius 3 is 1.68 bits per heavy atom. The zero-order valence-corrected chi connectivity index (χ0v) is 10.6. The Morgan fingerprint density at radius 1 is 0.842 bits per heavy atom. The number of rotatable bonds is 2. The topological polar surface area (TPSA) is 37.3 Å². The zero-order valence-electron chi connectivity index (χ0n) is 10.6. The number of hydrogen-bond acceptors (Lipinski definition) is 1. The van der Waals surface area contributed by atoms with Crippen LogP contribution in [0.15, 0.2) is 0 Å². The Labute approximate surface area is 109 Å². The number of aliphatic carboxylic acids is 1. The molecule has 2 fully saturated rings. The number of alkyl halides is 4. The van der Waals surface area contributed by atoms with E-state index in [-0.39, 0.29) is 38.5 Å². The Morgan fingerprint density at radius 2 is 1.26 bits per heavy atom. The summed E-state index contributed by atoms with van der Waals surface area (Å²) < 4.78 is 52.6. The van der Waals surface area contributed by atoms with Crippen LogP contribution in [0.5, 0.6) is 0 Å². The molecule has 2 saturated carbocycles. The van der Waals surface area contributed by atoms with E-state index >= 15 is 0 Å². The first kappa shape index (κ1) is 14.6. The van der Waals surface area contributed by atoms with Gasteiger partial charge in [-0.25, -0.2) is 17.6 Å². The van der Waals surface area contributed by atoms with E-state index in [1.54, 1.807) is 0 Å². The minimum Gasteiger partial charge on any atom is -0.481 e. The molecule has 0 aromatic rings. The molecule has 0 heterocycles. The number of halogens is 4. The van der Waals surface area contributed by atoms with Crippen LogP contribution >= 0.6 is 0 Å². The molecule has 0 aliphatic heterocycles. The summed E-state index contributed by atoms with van der Waals surface area (Å²) in [4.78, 5) is 11.5. The Balaban J connectivity index is 2.11. The molecule has 0 aromatic carbocycles. The molecule has 19 heavy (non-hydrogen) atoms. The van der Waals surface area contributed by atoms with Crippen molar-refractivity contribution in [3.63, 3.8) is 0 Å². The van der Waals surface area contributed by atoms with E-state index in [0.717, 1.165) is 0 Å². The summed E-state index contributed by atoms with van der Waals surface area (Å²) in [5.41, 5.74) is -1.22. The Bertz CT molecular complexity index is 348. The van der Waals surface area contributed by atoms with E-state index in [1.165, 1.54) is 0 Å². The second kappa shape index (κ2) is 4.63. The van der Waals surface area contributed by atoms with Crippen molar-refractivity contribution in [1.82, 2.24) is 0 Å². The molecular weight excluding hydrogens is 264 g/mol. The van der Waals surface area contributed by atoms with E-state index in [9.17, 15) is 27.5 Å². The molecule has 0 saturated heterocycles. The molecule has 1 N–H and O–H groups in total. The fourth-order valence-corrected chi connectivity index (χ4v) is 3.45. The largest absolute Gasteiger partial charge is 0.481 e. The van der Waals surface area contributed by atoms with Crippen LogP contribution in [0.2, 0.25) is 0 Å². The second-order valence-electron chi connectivity index (χ2n) is 5.95. The van der Waals surface area contributed by atoms with Crippen molar-refractivity contribution >= 4 is 5.97 Å². The van der Waals surface area contributed by atoms with Crippen LogP contribution in [-0.2, 0) is 4.79 Å². The fourth-order valence-electron chi connectivity index (χ4n) is 3.45. The molecule has 2 rings (SSSR count). The normalized spacial score (nSPS) is 29.9. The number of carboxylic acids is 1. The van der Waals surface area contributed by atoms with Gasteiger partial charge < -0.3 is 5.11 Å². The van der Waals surface area contributed by atoms with E-state index < -0.39 is 42.0 Å². The zero-order chi connectivity index (χ0) is 14.3. The second-order valence-corrected chi connectivity index (χ2v) is 5.95. The van der Waals surface area contributed by atoms with Crippen molar-refractivity contribution in [3.8, 4) is 0 Å². The maximum atomic E-state index is 13.2. The maximum Gasteiger partial charge on any atom is 0.309 e. The minimum absolute atomic E-state index is 0.106. The van der Waals surface area contributed by atoms with Gasteiger partial charge in [0.15, 0.2) is 0 Å². The van der Waals surface area contributed by atoms with Crippen LogP contribution < -0.4 is 0 Å². The van der Waals surface area contributed by atoms with Gasteiger partial charge in [-0.1, -0.05) is 0 Å². The first-order valence-electron chi connectivity index (χ1n) is 6.66. The van der Waals surface area contributed by atoms with Gasteiger partial charge in [0, 0.05) is 25.7 Å². The van der Waals surface area contributed by atoms with Gasteiger partial charge in [-0.05, 0) is 31.6 Å². The summed E-state index contributed by atoms with van der Waals surface area (Å²) in [6.45, 7) is 0.